The van der Waals surface area contributed by atoms with E-state index in [1.54, 1.807) is 0 Å². The van der Waals surface area contributed by atoms with Crippen LogP contribution >= 0.6 is 0 Å². The fourth-order valence-corrected chi connectivity index (χ4v) is 2.90. The summed E-state index contributed by atoms with van der Waals surface area (Å²) < 4.78 is 10.3. The lowest BCUT2D eigenvalue weighted by molar-refractivity contribution is 0.0900. The highest BCUT2D eigenvalue weighted by atomic mass is 16.5. The van der Waals surface area contributed by atoms with Crippen LogP contribution in [0, 0.1) is 29.6 Å². The molecule has 1 amide bonds. The molecule has 112 valence electrons. The topological polar surface area (TPSA) is 67.8 Å². The van der Waals surface area contributed by atoms with Gasteiger partial charge in [0, 0.05) is 19.4 Å². The van der Waals surface area contributed by atoms with Crippen LogP contribution in [0.25, 0.3) is 0 Å². The van der Waals surface area contributed by atoms with Gasteiger partial charge in [0.05, 0.1) is 26.4 Å². The van der Waals surface area contributed by atoms with Gasteiger partial charge >= 0.3 is 6.09 Å². The van der Waals surface area contributed by atoms with E-state index < -0.39 is 0 Å². The molecule has 5 heteroatoms. The van der Waals surface area contributed by atoms with E-state index in [1.807, 2.05) is 0 Å². The Kier molecular flexibility index (Phi) is 6.16. The molecular weight excluding hydrogens is 258 g/mol. The molecule has 0 aliphatic heterocycles. The maximum absolute atomic E-state index is 11.5. The summed E-state index contributed by atoms with van der Waals surface area (Å²) in [5, 5.41) is 11.2. The van der Waals surface area contributed by atoms with Crippen molar-refractivity contribution in [3.8, 4) is 11.8 Å². The van der Waals surface area contributed by atoms with E-state index in [9.17, 15) is 4.79 Å². The van der Waals surface area contributed by atoms with Gasteiger partial charge in [-0.05, 0) is 30.6 Å². The molecule has 2 atom stereocenters. The Balaban J connectivity index is 1.54. The molecule has 0 spiro atoms. The average Bonchev–Trinajstić information content (AvgIpc) is 3.06. The minimum Gasteiger partial charge on any atom is -0.449 e. The molecule has 5 nitrogen and oxygen atoms in total. The lowest BCUT2D eigenvalue weighted by atomic mass is 10.1. The van der Waals surface area contributed by atoms with Gasteiger partial charge in [-0.2, -0.15) is 0 Å². The summed E-state index contributed by atoms with van der Waals surface area (Å²) in [5.41, 5.74) is 0. The van der Waals surface area contributed by atoms with Crippen molar-refractivity contribution in [2.75, 3.05) is 33.0 Å². The van der Waals surface area contributed by atoms with Crippen molar-refractivity contribution in [2.45, 2.75) is 25.7 Å². The number of aliphatic hydroxyl groups is 1. The standard InChI is InChI=1S/C15H23NO4/c17-8-10-19-9-7-16-15(18)20-11-14-12-5-3-1-2-4-6-13(12)14/h12-14,17H,3-11H2,(H,16,18). The van der Waals surface area contributed by atoms with Crippen molar-refractivity contribution in [2.24, 2.45) is 17.8 Å². The van der Waals surface area contributed by atoms with Gasteiger partial charge < -0.3 is 19.9 Å². The molecule has 1 fully saturated rings. The van der Waals surface area contributed by atoms with E-state index in [4.69, 9.17) is 14.6 Å². The van der Waals surface area contributed by atoms with Crippen LogP contribution in [-0.2, 0) is 9.47 Å². The van der Waals surface area contributed by atoms with Gasteiger partial charge in [0.1, 0.15) is 0 Å². The van der Waals surface area contributed by atoms with E-state index in [1.165, 1.54) is 0 Å². The summed E-state index contributed by atoms with van der Waals surface area (Å²) in [6.07, 6.45) is 3.86. The predicted octanol–water partition coefficient (Wildman–Crippen LogP) is 1.16. The molecule has 0 heterocycles. The first kappa shape index (κ1) is 15.1. The Hall–Kier alpha value is -1.25. The monoisotopic (exact) mass is 281 g/mol. The smallest absolute Gasteiger partial charge is 0.407 e. The first-order chi connectivity index (χ1) is 9.83. The first-order valence-corrected chi connectivity index (χ1v) is 7.38. The lowest BCUT2D eigenvalue weighted by Gasteiger charge is -2.07. The van der Waals surface area contributed by atoms with Crippen LogP contribution in [0.3, 0.4) is 0 Å². The van der Waals surface area contributed by atoms with E-state index in [0.29, 0.717) is 44.1 Å². The Morgan fingerprint density at radius 2 is 1.90 bits per heavy atom. The minimum absolute atomic E-state index is 0.00137. The quantitative estimate of drug-likeness (QED) is 0.543. The predicted molar refractivity (Wildman–Crippen MR) is 74.0 cm³/mol. The fraction of sp³-hybridized carbons (Fsp3) is 0.800. The summed E-state index contributed by atoms with van der Waals surface area (Å²) in [4.78, 5) is 11.5. The van der Waals surface area contributed by atoms with Crippen LogP contribution < -0.4 is 5.32 Å². The number of alkyl carbamates (subject to hydrolysis) is 1. The Labute approximate surface area is 120 Å². The molecular formula is C15H23NO4. The number of fused-ring (bicyclic) bond motifs is 1. The van der Waals surface area contributed by atoms with Crippen molar-refractivity contribution < 1.29 is 19.4 Å². The van der Waals surface area contributed by atoms with Crippen molar-refractivity contribution in [1.29, 1.82) is 0 Å². The zero-order valence-electron chi connectivity index (χ0n) is 11.8. The summed E-state index contributed by atoms with van der Waals surface area (Å²) in [6, 6.07) is 0. The van der Waals surface area contributed by atoms with Crippen LogP contribution in [0.1, 0.15) is 25.7 Å². The fourth-order valence-electron chi connectivity index (χ4n) is 2.90. The molecule has 2 unspecified atom stereocenters. The van der Waals surface area contributed by atoms with Crippen LogP contribution in [0.5, 0.6) is 0 Å². The van der Waals surface area contributed by atoms with Gasteiger partial charge in [-0.3, -0.25) is 0 Å². The number of ether oxygens (including phenoxy) is 2. The van der Waals surface area contributed by atoms with Crippen molar-refractivity contribution in [1.82, 2.24) is 5.32 Å². The highest BCUT2D eigenvalue weighted by Crippen LogP contribution is 2.52. The Bertz CT molecular complexity index is 356. The second kappa shape index (κ2) is 8.13. The van der Waals surface area contributed by atoms with Crippen LogP contribution in [0.4, 0.5) is 4.79 Å². The summed E-state index contributed by atoms with van der Waals surface area (Å²) >= 11 is 0. The largest absolute Gasteiger partial charge is 0.449 e. The number of rotatable bonds is 7. The maximum atomic E-state index is 11.5. The second-order valence-corrected chi connectivity index (χ2v) is 5.28. The van der Waals surface area contributed by atoms with Gasteiger partial charge in [-0.1, -0.05) is 0 Å². The minimum atomic E-state index is -0.381. The molecule has 0 aromatic heterocycles. The number of amides is 1. The highest BCUT2D eigenvalue weighted by molar-refractivity contribution is 5.67. The number of hydrogen-bond donors (Lipinski definition) is 2. The van der Waals surface area contributed by atoms with E-state index in [-0.39, 0.29) is 12.7 Å². The highest BCUT2D eigenvalue weighted by Gasteiger charge is 2.49. The SMILES string of the molecule is O=C(NCCOCCO)OCC1C2CCC#CCCC21. The third kappa shape index (κ3) is 4.69. The zero-order chi connectivity index (χ0) is 14.2. The molecule has 0 aromatic rings. The van der Waals surface area contributed by atoms with Gasteiger partial charge in [0.15, 0.2) is 0 Å². The van der Waals surface area contributed by atoms with Gasteiger partial charge in [0.25, 0.3) is 0 Å². The van der Waals surface area contributed by atoms with Crippen molar-refractivity contribution in [3.05, 3.63) is 0 Å². The number of aliphatic hydroxyl groups excluding tert-OH is 1. The van der Waals surface area contributed by atoms with E-state index in [0.717, 1.165) is 25.7 Å². The molecule has 0 saturated heterocycles. The van der Waals surface area contributed by atoms with E-state index in [2.05, 4.69) is 17.2 Å². The molecule has 0 aromatic carbocycles. The van der Waals surface area contributed by atoms with Gasteiger partial charge in [-0.25, -0.2) is 4.79 Å². The first-order valence-electron chi connectivity index (χ1n) is 7.38. The van der Waals surface area contributed by atoms with Crippen LogP contribution in [0.2, 0.25) is 0 Å². The van der Waals surface area contributed by atoms with Crippen LogP contribution in [-0.4, -0.2) is 44.2 Å². The normalized spacial score (nSPS) is 27.4. The maximum Gasteiger partial charge on any atom is 0.407 e. The third-order valence-electron chi connectivity index (χ3n) is 4.00. The molecule has 20 heavy (non-hydrogen) atoms. The average molecular weight is 281 g/mol. The second-order valence-electron chi connectivity index (χ2n) is 5.28. The Morgan fingerprint density at radius 1 is 1.20 bits per heavy atom. The van der Waals surface area contributed by atoms with Crippen molar-refractivity contribution >= 4 is 6.09 Å². The molecule has 2 rings (SSSR count). The summed E-state index contributed by atoms with van der Waals surface area (Å²) in [5.74, 6) is 8.27. The summed E-state index contributed by atoms with van der Waals surface area (Å²) in [7, 11) is 0. The molecule has 1 saturated carbocycles. The van der Waals surface area contributed by atoms with Gasteiger partial charge in [0.2, 0.25) is 0 Å². The number of carbonyl (C=O) groups is 1. The van der Waals surface area contributed by atoms with Gasteiger partial charge in [-0.15, -0.1) is 11.8 Å². The van der Waals surface area contributed by atoms with Crippen LogP contribution in [0.15, 0.2) is 0 Å². The zero-order valence-corrected chi connectivity index (χ0v) is 11.8. The number of carbonyl (C=O) groups excluding carboxylic acids is 1. The molecule has 2 aliphatic carbocycles. The number of hydrogen-bond acceptors (Lipinski definition) is 4. The molecule has 2 aliphatic rings. The number of nitrogens with one attached hydrogen (secondary N) is 1. The molecule has 0 radical (unpaired) electrons. The van der Waals surface area contributed by atoms with Crippen molar-refractivity contribution in [3.63, 3.8) is 0 Å². The Morgan fingerprint density at radius 3 is 2.55 bits per heavy atom. The lowest BCUT2D eigenvalue weighted by Crippen LogP contribution is -2.29. The van der Waals surface area contributed by atoms with E-state index >= 15 is 0 Å². The third-order valence-corrected chi connectivity index (χ3v) is 4.00. The molecule has 0 bridgehead atoms. The molecule has 2 N–H and O–H groups in total. The summed E-state index contributed by atoms with van der Waals surface area (Å²) in [6.45, 7) is 1.60.